The Hall–Kier alpha value is -1.31. The molecule has 3 heterocycles. The highest BCUT2D eigenvalue weighted by atomic mass is 35.5. The summed E-state index contributed by atoms with van der Waals surface area (Å²) in [5, 5.41) is 5.50. The minimum atomic E-state index is -1.52. The number of nitrogens with zero attached hydrogens (tertiary/aromatic N) is 5. The Kier molecular flexibility index (Phi) is 10.1. The molecule has 40 heavy (non-hydrogen) atoms. The number of fused-ring (bicyclic) bond motifs is 1. The highest BCUT2D eigenvalue weighted by Crippen LogP contribution is 2.49. The van der Waals surface area contributed by atoms with Gasteiger partial charge in [0.05, 0.1) is 32.3 Å². The third-order valence-corrected chi connectivity index (χ3v) is 10.0. The molecule has 2 saturated carbocycles. The van der Waals surface area contributed by atoms with Crippen molar-refractivity contribution < 1.29 is 23.3 Å². The fourth-order valence-electron chi connectivity index (χ4n) is 5.32. The van der Waals surface area contributed by atoms with Gasteiger partial charge < -0.3 is 18.5 Å². The van der Waals surface area contributed by atoms with Gasteiger partial charge in [-0.05, 0) is 58.1 Å². The van der Waals surface area contributed by atoms with Crippen LogP contribution in [0.3, 0.4) is 0 Å². The Morgan fingerprint density at radius 2 is 2.08 bits per heavy atom. The fraction of sp³-hybridized carbons (Fsp3) is 0.760. The molecule has 222 valence electrons. The van der Waals surface area contributed by atoms with Crippen LogP contribution in [0.4, 0.5) is 5.82 Å². The highest BCUT2D eigenvalue weighted by Gasteiger charge is 2.53. The summed E-state index contributed by atoms with van der Waals surface area (Å²) in [7, 11) is -0.112. The lowest BCUT2D eigenvalue weighted by atomic mass is 9.98. The summed E-state index contributed by atoms with van der Waals surface area (Å²) in [5.74, 6) is 0.660. The quantitative estimate of drug-likeness (QED) is 0.109. The van der Waals surface area contributed by atoms with E-state index in [0.717, 1.165) is 50.1 Å². The number of ether oxygens (including phenoxy) is 2. The molecule has 0 radical (unpaired) electrons. The number of hydrogen-bond donors (Lipinski definition) is 2. The first-order chi connectivity index (χ1) is 19.4. The smallest absolute Gasteiger partial charge is 0.326 e. The molecule has 0 bridgehead atoms. The van der Waals surface area contributed by atoms with Crippen molar-refractivity contribution in [3.63, 3.8) is 0 Å². The van der Waals surface area contributed by atoms with Gasteiger partial charge in [-0.15, -0.1) is 11.6 Å². The number of methoxy groups -OCH3 is 1. The maximum absolute atomic E-state index is 12.4. The van der Waals surface area contributed by atoms with Gasteiger partial charge in [0.15, 0.2) is 17.0 Å². The highest BCUT2D eigenvalue weighted by molar-refractivity contribution is 7.96. The predicted octanol–water partition coefficient (Wildman–Crippen LogP) is 4.46. The molecular weight excluding hydrogens is 577 g/mol. The topological polar surface area (TPSA) is 125 Å². The molecule has 15 heteroatoms. The van der Waals surface area contributed by atoms with E-state index in [1.807, 2.05) is 22.8 Å². The summed E-state index contributed by atoms with van der Waals surface area (Å²) >= 11 is 7.79. The largest absolute Gasteiger partial charge is 0.468 e. The predicted molar refractivity (Wildman–Crippen MR) is 156 cm³/mol. The summed E-state index contributed by atoms with van der Waals surface area (Å²) in [5.41, 5.74) is 0.716. The van der Waals surface area contributed by atoms with Crippen LogP contribution in [0.5, 0.6) is 0 Å². The molecule has 12 nitrogen and oxygen atoms in total. The molecular formula is C25H39ClN7O5PS. The monoisotopic (exact) mass is 615 g/mol. The standard InChI is InChI=1S/C25H39ClN7O5PS/c1-5-33(31-40-4)22-20-21(27-14-28-22)32(15-29-20)23-16(2)12-19(37-23)13-36-39(30-25(10-11-25)24(34)35-3)38-18-8-6-17(26)7-9-18/h14-19,23,30-31H,5-13H2,1-4H3. The second-order valence-electron chi connectivity index (χ2n) is 10.6. The lowest BCUT2D eigenvalue weighted by molar-refractivity contribution is -0.143. The van der Waals surface area contributed by atoms with Crippen LogP contribution >= 0.6 is 32.1 Å². The van der Waals surface area contributed by atoms with Crippen LogP contribution in [0.1, 0.15) is 65.0 Å². The molecule has 1 aliphatic heterocycles. The fourth-order valence-corrected chi connectivity index (χ4v) is 7.63. The van der Waals surface area contributed by atoms with Crippen LogP contribution < -0.4 is 14.9 Å². The van der Waals surface area contributed by atoms with Crippen LogP contribution in [0, 0.1) is 5.92 Å². The first kappa shape index (κ1) is 30.2. The van der Waals surface area contributed by atoms with Crippen molar-refractivity contribution in [3.8, 4) is 0 Å². The van der Waals surface area contributed by atoms with Gasteiger partial charge in [-0.1, -0.05) is 18.9 Å². The number of alkyl halides is 1. The summed E-state index contributed by atoms with van der Waals surface area (Å²) in [6.45, 7) is 5.27. The molecule has 4 atom stereocenters. The number of imidazole rings is 1. The van der Waals surface area contributed by atoms with E-state index in [9.17, 15) is 4.79 Å². The molecule has 0 spiro atoms. The molecule has 2 aliphatic carbocycles. The summed E-state index contributed by atoms with van der Waals surface area (Å²) in [6, 6.07) is 0. The summed E-state index contributed by atoms with van der Waals surface area (Å²) < 4.78 is 26.2. The van der Waals surface area contributed by atoms with E-state index in [2.05, 4.69) is 31.8 Å². The van der Waals surface area contributed by atoms with E-state index >= 15 is 0 Å². The number of aromatic nitrogens is 4. The molecule has 1 saturated heterocycles. The maximum atomic E-state index is 12.4. The number of nitrogens with one attached hydrogen (secondary N) is 2. The molecule has 3 aliphatic rings. The Morgan fingerprint density at radius 3 is 2.75 bits per heavy atom. The summed E-state index contributed by atoms with van der Waals surface area (Å²) in [6.07, 6.45) is 10.8. The van der Waals surface area contributed by atoms with Crippen molar-refractivity contribution in [2.45, 2.75) is 88.1 Å². The van der Waals surface area contributed by atoms with E-state index in [4.69, 9.17) is 30.1 Å². The van der Waals surface area contributed by atoms with Crippen LogP contribution in [0.25, 0.3) is 11.2 Å². The lowest BCUT2D eigenvalue weighted by Gasteiger charge is -2.30. The van der Waals surface area contributed by atoms with Crippen LogP contribution in [0.15, 0.2) is 12.7 Å². The molecule has 2 aromatic rings. The van der Waals surface area contributed by atoms with Gasteiger partial charge in [0.2, 0.25) is 0 Å². The normalized spacial score (nSPS) is 28.5. The van der Waals surface area contributed by atoms with Crippen LogP contribution in [-0.4, -0.2) is 75.1 Å². The Labute approximate surface area is 245 Å². The zero-order chi connectivity index (χ0) is 28.3. The Morgan fingerprint density at radius 1 is 1.30 bits per heavy atom. The number of esters is 1. The van der Waals surface area contributed by atoms with Gasteiger partial charge in [-0.2, -0.15) is 4.83 Å². The second kappa shape index (κ2) is 13.3. The molecule has 4 unspecified atom stereocenters. The van der Waals surface area contributed by atoms with Gasteiger partial charge in [0.1, 0.15) is 18.1 Å². The van der Waals surface area contributed by atoms with Gasteiger partial charge in [0.25, 0.3) is 8.53 Å². The van der Waals surface area contributed by atoms with E-state index in [0.29, 0.717) is 25.0 Å². The van der Waals surface area contributed by atoms with E-state index in [1.54, 1.807) is 12.7 Å². The van der Waals surface area contributed by atoms with Crippen molar-refractivity contribution in [1.29, 1.82) is 0 Å². The molecule has 2 N–H and O–H groups in total. The van der Waals surface area contributed by atoms with E-state index in [1.165, 1.54) is 19.1 Å². The Balaban J connectivity index is 1.25. The minimum Gasteiger partial charge on any atom is -0.468 e. The van der Waals surface area contributed by atoms with Gasteiger partial charge in [-0.25, -0.2) is 20.0 Å². The summed E-state index contributed by atoms with van der Waals surface area (Å²) in [4.78, 5) is 29.3. The number of carbonyl (C=O) groups excluding carboxylic acids is 1. The third-order valence-electron chi connectivity index (χ3n) is 7.70. The van der Waals surface area contributed by atoms with Gasteiger partial charge in [0, 0.05) is 17.8 Å². The molecule has 2 aromatic heterocycles. The molecule has 3 fully saturated rings. The minimum absolute atomic E-state index is 0.0488. The van der Waals surface area contributed by atoms with Crippen LogP contribution in [-0.2, 0) is 23.3 Å². The molecule has 0 aromatic carbocycles. The SMILES string of the molecule is CCN(NSC)c1ncnc2c1ncn2C1OC(COP(NC2(C(=O)OC)CC2)OC2CCC(Cl)CC2)CC1C. The van der Waals surface area contributed by atoms with E-state index < -0.39 is 14.1 Å². The number of carbonyl (C=O) groups is 1. The average molecular weight is 616 g/mol. The van der Waals surface area contributed by atoms with Crippen LogP contribution in [0.2, 0.25) is 0 Å². The van der Waals surface area contributed by atoms with Gasteiger partial charge in [-0.3, -0.25) is 14.4 Å². The number of hydrazine groups is 1. The van der Waals surface area contributed by atoms with Crippen molar-refractivity contribution >= 4 is 55.0 Å². The molecule has 0 amide bonds. The number of anilines is 1. The number of rotatable bonds is 13. The lowest BCUT2D eigenvalue weighted by Crippen LogP contribution is -2.38. The average Bonchev–Trinajstić information content (AvgIpc) is 3.46. The van der Waals surface area contributed by atoms with Crippen molar-refractivity contribution in [2.24, 2.45) is 5.92 Å². The Bertz CT molecular complexity index is 1150. The van der Waals surface area contributed by atoms with E-state index in [-0.39, 0.29) is 35.7 Å². The zero-order valence-electron chi connectivity index (χ0n) is 23.4. The first-order valence-corrected chi connectivity index (χ1v) is 16.7. The van der Waals surface area contributed by atoms with Crippen molar-refractivity contribution in [2.75, 3.05) is 31.5 Å². The maximum Gasteiger partial charge on any atom is 0.326 e. The first-order valence-electron chi connectivity index (χ1n) is 13.9. The van der Waals surface area contributed by atoms with Gasteiger partial charge >= 0.3 is 5.97 Å². The van der Waals surface area contributed by atoms with Crippen molar-refractivity contribution in [1.82, 2.24) is 29.4 Å². The number of hydrogen-bond acceptors (Lipinski definition) is 12. The third kappa shape index (κ3) is 6.67. The zero-order valence-corrected chi connectivity index (χ0v) is 25.9. The van der Waals surface area contributed by atoms with Crippen molar-refractivity contribution in [3.05, 3.63) is 12.7 Å². The molecule has 5 rings (SSSR count). The second-order valence-corrected chi connectivity index (χ2v) is 13.1. The number of halogens is 1.